The molecule has 0 fully saturated rings. The maximum atomic E-state index is 13.0. The quantitative estimate of drug-likeness (QED) is 0.664. The maximum Gasteiger partial charge on any atom is 0.348 e. The molecule has 2 heterocycles. The van der Waals surface area contributed by atoms with Gasteiger partial charge in [-0.15, -0.1) is 22.7 Å². The lowest BCUT2D eigenvalue weighted by Gasteiger charge is -2.04. The van der Waals surface area contributed by atoms with E-state index >= 15 is 0 Å². The highest BCUT2D eigenvalue weighted by Crippen LogP contribution is 2.28. The number of carbonyl (C=O) groups is 2. The first-order valence-electron chi connectivity index (χ1n) is 7.37. The van der Waals surface area contributed by atoms with Crippen molar-refractivity contribution in [1.29, 1.82) is 5.26 Å². The molecule has 2 aromatic heterocycles. The first-order valence-corrected chi connectivity index (χ1v) is 9.07. The van der Waals surface area contributed by atoms with E-state index in [-0.39, 0.29) is 5.82 Å². The predicted molar refractivity (Wildman–Crippen MR) is 97.7 cm³/mol. The Bertz CT molecular complexity index is 987. The van der Waals surface area contributed by atoms with Crippen molar-refractivity contribution in [3.05, 3.63) is 64.1 Å². The molecule has 0 saturated carbocycles. The van der Waals surface area contributed by atoms with Gasteiger partial charge in [0.25, 0.3) is 5.91 Å². The minimum absolute atomic E-state index is 0.332. The summed E-state index contributed by atoms with van der Waals surface area (Å²) in [5.41, 5.74) is 1.15. The van der Waals surface area contributed by atoms with Gasteiger partial charge < -0.3 is 10.1 Å². The van der Waals surface area contributed by atoms with E-state index in [4.69, 9.17) is 10.00 Å². The van der Waals surface area contributed by atoms with Crippen LogP contribution in [-0.4, -0.2) is 18.5 Å². The zero-order chi connectivity index (χ0) is 18.5. The van der Waals surface area contributed by atoms with E-state index in [2.05, 4.69) is 5.32 Å². The largest absolute Gasteiger partial charge is 0.451 e. The normalized spacial score (nSPS) is 10.2. The monoisotopic (exact) mass is 386 g/mol. The molecule has 5 nitrogen and oxygen atoms in total. The van der Waals surface area contributed by atoms with Crippen LogP contribution >= 0.6 is 22.7 Å². The summed E-state index contributed by atoms with van der Waals surface area (Å²) in [6, 6.07) is 12.8. The number of esters is 1. The minimum atomic E-state index is -0.620. The Labute approximate surface area is 156 Å². The van der Waals surface area contributed by atoms with Gasteiger partial charge in [-0.05, 0) is 41.3 Å². The van der Waals surface area contributed by atoms with Gasteiger partial charge in [0.05, 0.1) is 5.56 Å². The van der Waals surface area contributed by atoms with Crippen molar-refractivity contribution < 1.29 is 18.7 Å². The summed E-state index contributed by atoms with van der Waals surface area (Å²) in [5, 5.41) is 13.5. The average molecular weight is 386 g/mol. The molecule has 0 radical (unpaired) electrons. The van der Waals surface area contributed by atoms with Crippen molar-refractivity contribution in [2.45, 2.75) is 0 Å². The number of halogens is 1. The lowest BCUT2D eigenvalue weighted by molar-refractivity contribution is -0.119. The zero-order valence-electron chi connectivity index (χ0n) is 13.2. The smallest absolute Gasteiger partial charge is 0.348 e. The third-order valence-corrected chi connectivity index (χ3v) is 5.25. The number of amides is 1. The van der Waals surface area contributed by atoms with Gasteiger partial charge in [-0.1, -0.05) is 12.1 Å². The Hall–Kier alpha value is -3.02. The summed E-state index contributed by atoms with van der Waals surface area (Å²) in [5.74, 6) is -1.47. The topological polar surface area (TPSA) is 79.2 Å². The lowest BCUT2D eigenvalue weighted by Crippen LogP contribution is -2.20. The van der Waals surface area contributed by atoms with Crippen molar-refractivity contribution in [2.24, 2.45) is 0 Å². The summed E-state index contributed by atoms with van der Waals surface area (Å²) in [6.45, 7) is -0.453. The number of nitrogens with one attached hydrogen (secondary N) is 1. The van der Waals surface area contributed by atoms with Gasteiger partial charge in [0.1, 0.15) is 21.8 Å². The zero-order valence-corrected chi connectivity index (χ0v) is 14.8. The number of nitriles is 1. The number of ether oxygens (including phenoxy) is 1. The Balaban J connectivity index is 1.58. The molecular weight excluding hydrogens is 375 g/mol. The molecule has 8 heteroatoms. The molecule has 3 aromatic rings. The third-order valence-electron chi connectivity index (χ3n) is 3.31. The van der Waals surface area contributed by atoms with E-state index in [0.29, 0.717) is 15.4 Å². The van der Waals surface area contributed by atoms with Crippen LogP contribution in [0.25, 0.3) is 10.4 Å². The Morgan fingerprint density at radius 2 is 1.92 bits per heavy atom. The molecule has 0 unspecified atom stereocenters. The molecule has 3 rings (SSSR count). The highest BCUT2D eigenvalue weighted by Gasteiger charge is 2.15. The van der Waals surface area contributed by atoms with E-state index < -0.39 is 18.5 Å². The van der Waals surface area contributed by atoms with Crippen LogP contribution in [0.2, 0.25) is 0 Å². The third kappa shape index (κ3) is 4.14. The second-order valence-corrected chi connectivity index (χ2v) is 7.07. The fourth-order valence-corrected chi connectivity index (χ4v) is 3.73. The molecule has 1 amide bonds. The van der Waals surface area contributed by atoms with Gasteiger partial charge in [0.15, 0.2) is 6.61 Å². The Kier molecular flexibility index (Phi) is 5.41. The van der Waals surface area contributed by atoms with E-state index in [1.54, 1.807) is 35.7 Å². The molecule has 0 saturated heterocycles. The van der Waals surface area contributed by atoms with Crippen molar-refractivity contribution in [2.75, 3.05) is 11.9 Å². The van der Waals surface area contributed by atoms with E-state index in [1.807, 2.05) is 6.07 Å². The molecule has 1 N–H and O–H groups in total. The van der Waals surface area contributed by atoms with Gasteiger partial charge in [0.2, 0.25) is 0 Å². The number of thiophene rings is 2. The summed E-state index contributed by atoms with van der Waals surface area (Å²) in [6.07, 6.45) is 0. The van der Waals surface area contributed by atoms with Crippen LogP contribution in [0.15, 0.2) is 47.8 Å². The number of rotatable bonds is 5. The van der Waals surface area contributed by atoms with Gasteiger partial charge in [-0.2, -0.15) is 5.26 Å². The van der Waals surface area contributed by atoms with Crippen molar-refractivity contribution in [1.82, 2.24) is 0 Å². The molecule has 26 heavy (non-hydrogen) atoms. The number of carbonyl (C=O) groups excluding carboxylic acids is 2. The standard InChI is InChI=1S/C18H11FN2O3S2/c19-13-3-1-11(2-4-13)14-5-6-15(26-14)18(23)24-10-16(22)21-17-12(9-20)7-8-25-17/h1-8H,10H2,(H,21,22). The van der Waals surface area contributed by atoms with Crippen LogP contribution in [0.4, 0.5) is 9.39 Å². The summed E-state index contributed by atoms with van der Waals surface area (Å²) >= 11 is 2.41. The van der Waals surface area contributed by atoms with Gasteiger partial charge in [-0.3, -0.25) is 4.79 Å². The molecule has 130 valence electrons. The molecule has 1 aromatic carbocycles. The predicted octanol–water partition coefficient (Wildman–Crippen LogP) is 4.28. The Morgan fingerprint density at radius 1 is 1.15 bits per heavy atom. The van der Waals surface area contributed by atoms with Crippen LogP contribution < -0.4 is 5.32 Å². The number of anilines is 1. The molecule has 0 bridgehead atoms. The summed E-state index contributed by atoms with van der Waals surface area (Å²) in [7, 11) is 0. The van der Waals surface area contributed by atoms with E-state index in [9.17, 15) is 14.0 Å². The van der Waals surface area contributed by atoms with Gasteiger partial charge >= 0.3 is 5.97 Å². The maximum absolute atomic E-state index is 13.0. The molecule has 0 aliphatic carbocycles. The molecule has 0 aliphatic heterocycles. The fourth-order valence-electron chi connectivity index (χ4n) is 2.08. The van der Waals surface area contributed by atoms with Crippen LogP contribution in [0, 0.1) is 17.1 Å². The molecule has 0 spiro atoms. The van der Waals surface area contributed by atoms with Crippen LogP contribution in [0.1, 0.15) is 15.2 Å². The van der Waals surface area contributed by atoms with Crippen molar-refractivity contribution >= 4 is 39.6 Å². The van der Waals surface area contributed by atoms with Crippen molar-refractivity contribution in [3.63, 3.8) is 0 Å². The highest BCUT2D eigenvalue weighted by molar-refractivity contribution is 7.17. The number of hydrogen-bond acceptors (Lipinski definition) is 6. The van der Waals surface area contributed by atoms with E-state index in [1.165, 1.54) is 34.8 Å². The lowest BCUT2D eigenvalue weighted by atomic mass is 10.2. The SMILES string of the molecule is N#Cc1ccsc1NC(=O)COC(=O)c1ccc(-c2ccc(F)cc2)s1. The van der Waals surface area contributed by atoms with Crippen LogP contribution in [0.5, 0.6) is 0 Å². The average Bonchev–Trinajstić information content (AvgIpc) is 3.29. The van der Waals surface area contributed by atoms with Gasteiger partial charge in [0, 0.05) is 4.88 Å². The van der Waals surface area contributed by atoms with Crippen molar-refractivity contribution in [3.8, 4) is 16.5 Å². The molecule has 0 atom stereocenters. The Morgan fingerprint density at radius 3 is 2.65 bits per heavy atom. The minimum Gasteiger partial charge on any atom is -0.451 e. The van der Waals surface area contributed by atoms with Crippen LogP contribution in [-0.2, 0) is 9.53 Å². The number of hydrogen-bond donors (Lipinski definition) is 1. The molecule has 0 aliphatic rings. The summed E-state index contributed by atoms with van der Waals surface area (Å²) in [4.78, 5) is 25.1. The second-order valence-electron chi connectivity index (χ2n) is 5.07. The van der Waals surface area contributed by atoms with E-state index in [0.717, 1.165) is 10.4 Å². The number of nitrogens with zero attached hydrogens (tertiary/aromatic N) is 1. The van der Waals surface area contributed by atoms with Crippen LogP contribution in [0.3, 0.4) is 0 Å². The highest BCUT2D eigenvalue weighted by atomic mass is 32.1. The number of benzene rings is 1. The fraction of sp³-hybridized carbons (Fsp3) is 0.0556. The van der Waals surface area contributed by atoms with Gasteiger partial charge in [-0.25, -0.2) is 9.18 Å². The summed E-state index contributed by atoms with van der Waals surface area (Å²) < 4.78 is 18.0. The molecular formula is C18H11FN2O3S2. The first-order chi connectivity index (χ1) is 12.6. The second kappa shape index (κ2) is 7.91. The first kappa shape index (κ1) is 17.8.